The van der Waals surface area contributed by atoms with E-state index >= 15 is 0 Å². The van der Waals surface area contributed by atoms with Crippen LogP contribution < -0.4 is 40.0 Å². The summed E-state index contributed by atoms with van der Waals surface area (Å²) in [6, 6.07) is 2.46. The van der Waals surface area contributed by atoms with Gasteiger partial charge in [0.2, 0.25) is 5.91 Å². The third-order valence-electron chi connectivity index (χ3n) is 3.92. The SMILES string of the molecule is CC(=O)OCC1=C(C(=O)[O-])N2C(=O)[C@H](NC(=O)Cc3ccco3)[C@H]2SC1.[Na+]. The summed E-state index contributed by atoms with van der Waals surface area (Å²) in [5.74, 6) is -2.32. The van der Waals surface area contributed by atoms with Crippen molar-refractivity contribution >= 4 is 35.5 Å². The van der Waals surface area contributed by atoms with Crippen molar-refractivity contribution in [1.82, 2.24) is 10.2 Å². The molecule has 1 fully saturated rings. The van der Waals surface area contributed by atoms with Crippen molar-refractivity contribution in [3.05, 3.63) is 35.4 Å². The number of nitrogens with one attached hydrogen (secondary N) is 1. The van der Waals surface area contributed by atoms with Crippen molar-refractivity contribution in [2.24, 2.45) is 0 Å². The molecule has 138 valence electrons. The monoisotopic (exact) mass is 402 g/mol. The number of furan rings is 1. The Balaban J connectivity index is 0.00000261. The van der Waals surface area contributed by atoms with E-state index in [4.69, 9.17) is 9.15 Å². The molecule has 3 heterocycles. The molecule has 0 spiro atoms. The van der Waals surface area contributed by atoms with Gasteiger partial charge in [0, 0.05) is 18.2 Å². The molecular weight excluding hydrogens is 387 g/mol. The summed E-state index contributed by atoms with van der Waals surface area (Å²) in [6.45, 7) is 0.981. The van der Waals surface area contributed by atoms with Crippen LogP contribution in [0, 0.1) is 0 Å². The summed E-state index contributed by atoms with van der Waals surface area (Å²) < 4.78 is 9.92. The molecule has 3 rings (SSSR count). The minimum atomic E-state index is -1.52. The van der Waals surface area contributed by atoms with Crippen molar-refractivity contribution in [3.63, 3.8) is 0 Å². The smallest absolute Gasteiger partial charge is 0.543 e. The Morgan fingerprint density at radius 1 is 1.44 bits per heavy atom. The molecule has 0 aliphatic carbocycles. The Hall–Kier alpha value is -1.75. The van der Waals surface area contributed by atoms with Crippen LogP contribution in [0.1, 0.15) is 12.7 Å². The number of carbonyl (C=O) groups excluding carboxylic acids is 4. The summed E-state index contributed by atoms with van der Waals surface area (Å²) in [6.07, 6.45) is 1.42. The summed E-state index contributed by atoms with van der Waals surface area (Å²) in [7, 11) is 0. The molecule has 0 bridgehead atoms. The second-order valence-electron chi connectivity index (χ2n) is 5.73. The molecule has 2 aliphatic rings. The number of rotatable bonds is 6. The predicted molar refractivity (Wildman–Crippen MR) is 86.1 cm³/mol. The van der Waals surface area contributed by atoms with Crippen molar-refractivity contribution in [2.45, 2.75) is 24.8 Å². The van der Waals surface area contributed by atoms with E-state index in [1.54, 1.807) is 12.1 Å². The van der Waals surface area contributed by atoms with E-state index in [9.17, 15) is 24.3 Å². The largest absolute Gasteiger partial charge is 1.00 e. The average molecular weight is 402 g/mol. The van der Waals surface area contributed by atoms with Crippen LogP contribution in [0.5, 0.6) is 0 Å². The van der Waals surface area contributed by atoms with E-state index < -0.39 is 35.2 Å². The van der Waals surface area contributed by atoms with Gasteiger partial charge in [0.25, 0.3) is 5.91 Å². The Bertz CT molecular complexity index is 793. The van der Waals surface area contributed by atoms with Gasteiger partial charge in [0.1, 0.15) is 23.8 Å². The number of esters is 1. The van der Waals surface area contributed by atoms with Gasteiger partial charge in [-0.25, -0.2) is 0 Å². The van der Waals surface area contributed by atoms with E-state index in [0.717, 1.165) is 4.90 Å². The predicted octanol–water partition coefficient (Wildman–Crippen LogP) is -4.21. The van der Waals surface area contributed by atoms with Gasteiger partial charge in [-0.1, -0.05) is 0 Å². The molecule has 0 aromatic carbocycles. The number of thioether (sulfide) groups is 1. The molecular formula is C16H15N2NaO7S. The number of ether oxygens (including phenoxy) is 1. The number of aliphatic carboxylic acids is 1. The fraction of sp³-hybridized carbons (Fsp3) is 0.375. The molecule has 0 radical (unpaired) electrons. The molecule has 11 heteroatoms. The number of amides is 2. The third kappa shape index (κ3) is 4.57. The van der Waals surface area contributed by atoms with Crippen LogP contribution in [0.3, 0.4) is 0 Å². The van der Waals surface area contributed by atoms with E-state index in [2.05, 4.69) is 5.32 Å². The van der Waals surface area contributed by atoms with Gasteiger partial charge in [-0.2, -0.15) is 0 Å². The van der Waals surface area contributed by atoms with E-state index in [0.29, 0.717) is 5.76 Å². The molecule has 1 aromatic rings. The number of hydrogen-bond acceptors (Lipinski definition) is 8. The summed E-state index contributed by atoms with van der Waals surface area (Å²) >= 11 is 1.28. The average Bonchev–Trinajstić information content (AvgIpc) is 3.09. The molecule has 27 heavy (non-hydrogen) atoms. The van der Waals surface area contributed by atoms with Gasteiger partial charge in [0.05, 0.1) is 24.4 Å². The van der Waals surface area contributed by atoms with Crippen molar-refractivity contribution in [1.29, 1.82) is 0 Å². The molecule has 2 aliphatic heterocycles. The van der Waals surface area contributed by atoms with Crippen LogP contribution in [0.2, 0.25) is 0 Å². The van der Waals surface area contributed by atoms with Gasteiger partial charge in [-0.3, -0.25) is 19.3 Å². The van der Waals surface area contributed by atoms with Crippen LogP contribution in [0.25, 0.3) is 0 Å². The Morgan fingerprint density at radius 2 is 2.19 bits per heavy atom. The van der Waals surface area contributed by atoms with E-state index in [1.165, 1.54) is 24.9 Å². The van der Waals surface area contributed by atoms with E-state index in [1.807, 2.05) is 0 Å². The number of hydrogen-bond donors (Lipinski definition) is 1. The zero-order chi connectivity index (χ0) is 18.8. The zero-order valence-electron chi connectivity index (χ0n) is 14.7. The number of nitrogens with zero attached hydrogens (tertiary/aromatic N) is 1. The number of fused-ring (bicyclic) bond motifs is 1. The van der Waals surface area contributed by atoms with Crippen LogP contribution in [0.15, 0.2) is 34.1 Å². The fourth-order valence-corrected chi connectivity index (χ4v) is 4.09. The van der Waals surface area contributed by atoms with Crippen LogP contribution in [0.4, 0.5) is 0 Å². The normalized spacial score (nSPS) is 20.9. The van der Waals surface area contributed by atoms with Crippen molar-refractivity contribution in [3.8, 4) is 0 Å². The van der Waals surface area contributed by atoms with Crippen molar-refractivity contribution < 1.29 is 63.0 Å². The second-order valence-corrected chi connectivity index (χ2v) is 6.84. The second kappa shape index (κ2) is 8.96. The maximum Gasteiger partial charge on any atom is 1.00 e. The number of carboxylic acid groups (broad SMARTS) is 1. The maximum absolute atomic E-state index is 12.4. The van der Waals surface area contributed by atoms with Gasteiger partial charge in [-0.05, 0) is 12.1 Å². The first-order valence-electron chi connectivity index (χ1n) is 7.71. The molecule has 0 unspecified atom stereocenters. The minimum absolute atomic E-state index is 0. The fourth-order valence-electron chi connectivity index (χ4n) is 2.77. The molecule has 1 saturated heterocycles. The Labute approximate surface area is 180 Å². The Kier molecular flexibility index (Phi) is 7.15. The van der Waals surface area contributed by atoms with Crippen LogP contribution in [-0.4, -0.2) is 52.4 Å². The zero-order valence-corrected chi connectivity index (χ0v) is 17.5. The summed E-state index contributed by atoms with van der Waals surface area (Å²) in [5.41, 5.74) is -0.00769. The van der Waals surface area contributed by atoms with Gasteiger partial charge < -0.3 is 24.4 Å². The quantitative estimate of drug-likeness (QED) is 0.288. The van der Waals surface area contributed by atoms with E-state index in [-0.39, 0.29) is 59.6 Å². The first kappa shape index (κ1) is 21.5. The standard InChI is InChI=1S/C16H16N2O7S.Na/c1-8(19)25-6-9-7-26-15-12(14(21)18(15)13(9)16(22)23)17-11(20)5-10-3-2-4-24-10;/h2-4,12,15H,5-7H2,1H3,(H,17,20)(H,22,23);/q;+1/p-1/t12-,15+;/m0./s1. The first-order valence-corrected chi connectivity index (χ1v) is 8.76. The Morgan fingerprint density at radius 3 is 2.78 bits per heavy atom. The number of carbonyl (C=O) groups is 4. The molecule has 1 N–H and O–H groups in total. The minimum Gasteiger partial charge on any atom is -0.543 e. The topological polar surface area (TPSA) is 129 Å². The van der Waals surface area contributed by atoms with Gasteiger partial charge in [-0.15, -0.1) is 11.8 Å². The third-order valence-corrected chi connectivity index (χ3v) is 5.26. The molecule has 2 atom stereocenters. The summed E-state index contributed by atoms with van der Waals surface area (Å²) in [5, 5.41) is 13.5. The molecule has 2 amide bonds. The first-order chi connectivity index (χ1) is 12.4. The van der Waals surface area contributed by atoms with Crippen LogP contribution >= 0.6 is 11.8 Å². The van der Waals surface area contributed by atoms with Crippen LogP contribution in [-0.2, 0) is 30.3 Å². The van der Waals surface area contributed by atoms with Crippen molar-refractivity contribution in [2.75, 3.05) is 12.4 Å². The maximum atomic E-state index is 12.4. The van der Waals surface area contributed by atoms with Gasteiger partial charge >= 0.3 is 35.5 Å². The molecule has 1 aromatic heterocycles. The molecule has 9 nitrogen and oxygen atoms in total. The number of β-lactam (4-membered cyclic amide) rings is 1. The molecule has 0 saturated carbocycles. The van der Waals surface area contributed by atoms with Gasteiger partial charge in [0.15, 0.2) is 0 Å². The number of carboxylic acids is 1. The summed E-state index contributed by atoms with van der Waals surface area (Å²) in [4.78, 5) is 47.9.